The van der Waals surface area contributed by atoms with Crippen LogP contribution in [-0.2, 0) is 28.7 Å². The summed E-state index contributed by atoms with van der Waals surface area (Å²) < 4.78 is 20.6. The standard InChI is InChI=1S/C32H20N2O12/c35-25-13-14-26(36)33(25)17-43-29(39)19-1-3-21(4-2-19)31(41)45-24-11-7-22(8-12-24)32(42)46-23-9-5-20(6-10-23)30(40)44-18-34-27(37)15-16-28(34)38/h1-16H,17-18H2. The van der Waals surface area contributed by atoms with Crippen LogP contribution < -0.4 is 9.47 Å². The van der Waals surface area contributed by atoms with Gasteiger partial charge in [0.05, 0.1) is 22.3 Å². The molecule has 0 atom stereocenters. The molecule has 2 aliphatic heterocycles. The fourth-order valence-electron chi connectivity index (χ4n) is 3.92. The van der Waals surface area contributed by atoms with Crippen LogP contribution in [0, 0.1) is 0 Å². The maximum atomic E-state index is 12.6. The molecule has 3 aromatic rings. The number of benzene rings is 3. The van der Waals surface area contributed by atoms with Crippen LogP contribution in [0.2, 0.25) is 0 Å². The molecule has 0 saturated carbocycles. The van der Waals surface area contributed by atoms with Crippen molar-refractivity contribution in [3.8, 4) is 11.5 Å². The first-order chi connectivity index (χ1) is 22.1. The molecule has 0 saturated heterocycles. The second-order valence-electron chi connectivity index (χ2n) is 9.40. The molecule has 4 amide bonds. The predicted molar refractivity (Wildman–Crippen MR) is 152 cm³/mol. The minimum absolute atomic E-state index is 0.0757. The highest BCUT2D eigenvalue weighted by Gasteiger charge is 2.26. The lowest BCUT2D eigenvalue weighted by Crippen LogP contribution is -2.33. The van der Waals surface area contributed by atoms with Gasteiger partial charge in [-0.05, 0) is 72.8 Å². The Kier molecular flexibility index (Phi) is 8.89. The lowest BCUT2D eigenvalue weighted by atomic mass is 10.1. The van der Waals surface area contributed by atoms with Gasteiger partial charge in [-0.15, -0.1) is 0 Å². The second-order valence-corrected chi connectivity index (χ2v) is 9.40. The molecule has 14 heteroatoms. The number of nitrogens with zero attached hydrogens (tertiary/aromatic N) is 2. The number of rotatable bonds is 10. The number of esters is 4. The molecule has 0 unspecified atom stereocenters. The first-order valence-corrected chi connectivity index (χ1v) is 13.2. The number of carbonyl (C=O) groups excluding carboxylic acids is 8. The number of ether oxygens (including phenoxy) is 4. The summed E-state index contributed by atoms with van der Waals surface area (Å²) in [5, 5.41) is 0. The number of hydrogen-bond acceptors (Lipinski definition) is 12. The Balaban J connectivity index is 1.09. The van der Waals surface area contributed by atoms with Crippen LogP contribution in [0.5, 0.6) is 11.5 Å². The van der Waals surface area contributed by atoms with Gasteiger partial charge < -0.3 is 18.9 Å². The maximum absolute atomic E-state index is 12.6. The summed E-state index contributed by atoms with van der Waals surface area (Å²) >= 11 is 0. The summed E-state index contributed by atoms with van der Waals surface area (Å²) in [4.78, 5) is 97.2. The number of imide groups is 2. The minimum Gasteiger partial charge on any atom is -0.440 e. The van der Waals surface area contributed by atoms with E-state index in [0.29, 0.717) is 0 Å². The Bertz CT molecular complexity index is 1790. The Morgan fingerprint density at radius 3 is 0.978 bits per heavy atom. The normalized spacial score (nSPS) is 13.7. The summed E-state index contributed by atoms with van der Waals surface area (Å²) in [6.45, 7) is -1.09. The lowest BCUT2D eigenvalue weighted by Gasteiger charge is -2.13. The average molecular weight is 625 g/mol. The van der Waals surface area contributed by atoms with E-state index < -0.39 is 61.0 Å². The van der Waals surface area contributed by atoms with Gasteiger partial charge in [0.2, 0.25) is 0 Å². The fraction of sp³-hybridized carbons (Fsp3) is 0.0625. The molecule has 0 fully saturated rings. The molecular formula is C32H20N2O12. The van der Waals surface area contributed by atoms with Crippen molar-refractivity contribution in [3.63, 3.8) is 0 Å². The van der Waals surface area contributed by atoms with Gasteiger partial charge in [0.25, 0.3) is 23.6 Å². The van der Waals surface area contributed by atoms with Crippen molar-refractivity contribution in [2.75, 3.05) is 13.5 Å². The molecule has 230 valence electrons. The third-order valence-electron chi connectivity index (χ3n) is 6.41. The van der Waals surface area contributed by atoms with Crippen LogP contribution in [0.15, 0.2) is 97.1 Å². The zero-order chi connectivity index (χ0) is 32.8. The van der Waals surface area contributed by atoms with E-state index in [1.54, 1.807) is 0 Å². The van der Waals surface area contributed by atoms with Gasteiger partial charge in [-0.3, -0.25) is 19.2 Å². The summed E-state index contributed by atoms with van der Waals surface area (Å²) in [6, 6.07) is 16.2. The zero-order valence-corrected chi connectivity index (χ0v) is 23.4. The number of hydrogen-bond donors (Lipinski definition) is 0. The number of carbonyl (C=O) groups is 8. The number of amides is 4. The van der Waals surface area contributed by atoms with Gasteiger partial charge in [0.1, 0.15) is 11.5 Å². The Morgan fingerprint density at radius 2 is 0.674 bits per heavy atom. The van der Waals surface area contributed by atoms with Crippen LogP contribution in [0.1, 0.15) is 41.4 Å². The minimum atomic E-state index is -0.809. The van der Waals surface area contributed by atoms with Crippen LogP contribution in [0.4, 0.5) is 0 Å². The molecule has 0 aromatic heterocycles. The highest BCUT2D eigenvalue weighted by atomic mass is 16.6. The Morgan fingerprint density at radius 1 is 0.413 bits per heavy atom. The highest BCUT2D eigenvalue weighted by molar-refractivity contribution is 6.13. The van der Waals surface area contributed by atoms with Crippen LogP contribution in [0.25, 0.3) is 0 Å². The Hall–Kier alpha value is -6.70. The second kappa shape index (κ2) is 13.3. The zero-order valence-electron chi connectivity index (χ0n) is 23.4. The van der Waals surface area contributed by atoms with E-state index in [9.17, 15) is 38.4 Å². The molecule has 0 N–H and O–H groups in total. The third kappa shape index (κ3) is 7.08. The first-order valence-electron chi connectivity index (χ1n) is 13.2. The van der Waals surface area contributed by atoms with E-state index in [1.807, 2.05) is 0 Å². The Labute approximate surface area is 259 Å². The van der Waals surface area contributed by atoms with Crippen molar-refractivity contribution >= 4 is 47.5 Å². The molecule has 5 rings (SSSR count). The highest BCUT2D eigenvalue weighted by Crippen LogP contribution is 2.19. The fourth-order valence-corrected chi connectivity index (χ4v) is 3.92. The summed E-state index contributed by atoms with van der Waals surface area (Å²) in [5.74, 6) is -5.22. The smallest absolute Gasteiger partial charge is 0.343 e. The van der Waals surface area contributed by atoms with Crippen molar-refractivity contribution < 1.29 is 57.3 Å². The van der Waals surface area contributed by atoms with Crippen LogP contribution in [0.3, 0.4) is 0 Å². The van der Waals surface area contributed by atoms with E-state index in [-0.39, 0.29) is 33.8 Å². The monoisotopic (exact) mass is 624 g/mol. The van der Waals surface area contributed by atoms with Crippen molar-refractivity contribution in [2.24, 2.45) is 0 Å². The predicted octanol–water partition coefficient (Wildman–Crippen LogP) is 2.20. The molecule has 46 heavy (non-hydrogen) atoms. The topological polar surface area (TPSA) is 180 Å². The average Bonchev–Trinajstić information content (AvgIpc) is 3.56. The van der Waals surface area contributed by atoms with E-state index in [0.717, 1.165) is 34.1 Å². The molecule has 2 heterocycles. The van der Waals surface area contributed by atoms with Crippen molar-refractivity contribution in [1.29, 1.82) is 0 Å². The van der Waals surface area contributed by atoms with Gasteiger partial charge >= 0.3 is 23.9 Å². The summed E-state index contributed by atoms with van der Waals surface area (Å²) in [5.41, 5.74) is 0.411. The quantitative estimate of drug-likeness (QED) is 0.183. The summed E-state index contributed by atoms with van der Waals surface area (Å²) in [7, 11) is 0. The molecule has 14 nitrogen and oxygen atoms in total. The maximum Gasteiger partial charge on any atom is 0.343 e. The molecule has 0 spiro atoms. The largest absolute Gasteiger partial charge is 0.440 e. The van der Waals surface area contributed by atoms with E-state index in [2.05, 4.69) is 0 Å². The summed E-state index contributed by atoms with van der Waals surface area (Å²) in [6.07, 6.45) is 4.26. The van der Waals surface area contributed by atoms with Crippen LogP contribution in [-0.4, -0.2) is 70.8 Å². The third-order valence-corrected chi connectivity index (χ3v) is 6.41. The van der Waals surface area contributed by atoms with Gasteiger partial charge in [-0.1, -0.05) is 0 Å². The molecular weight excluding hydrogens is 604 g/mol. The van der Waals surface area contributed by atoms with Crippen molar-refractivity contribution in [3.05, 3.63) is 119 Å². The van der Waals surface area contributed by atoms with Gasteiger partial charge in [-0.25, -0.2) is 29.0 Å². The first kappa shape index (κ1) is 30.7. The van der Waals surface area contributed by atoms with Crippen molar-refractivity contribution in [2.45, 2.75) is 0 Å². The molecule has 2 aliphatic rings. The van der Waals surface area contributed by atoms with Crippen LogP contribution >= 0.6 is 0 Å². The van der Waals surface area contributed by atoms with E-state index in [1.165, 1.54) is 72.8 Å². The molecule has 3 aromatic carbocycles. The SMILES string of the molecule is O=C(OCN1C(=O)C=CC1=O)c1ccc(OC(=O)c2ccc(OC(=O)c3ccc(C(=O)OCN4C(=O)C=CC4=O)cc3)cc2)cc1. The van der Waals surface area contributed by atoms with Gasteiger partial charge in [0.15, 0.2) is 13.5 Å². The molecule has 0 bridgehead atoms. The molecule has 0 radical (unpaired) electrons. The van der Waals surface area contributed by atoms with Gasteiger partial charge in [-0.2, -0.15) is 0 Å². The molecule has 0 aliphatic carbocycles. The van der Waals surface area contributed by atoms with E-state index >= 15 is 0 Å². The lowest BCUT2D eigenvalue weighted by molar-refractivity contribution is -0.142. The van der Waals surface area contributed by atoms with Gasteiger partial charge in [0, 0.05) is 24.3 Å². The van der Waals surface area contributed by atoms with E-state index in [4.69, 9.17) is 18.9 Å². The van der Waals surface area contributed by atoms with Crippen molar-refractivity contribution in [1.82, 2.24) is 9.80 Å².